The van der Waals surface area contributed by atoms with Crippen molar-refractivity contribution in [2.45, 2.75) is 22.8 Å². The molecule has 152 valence electrons. The largest absolute Gasteiger partial charge is 1.00 e. The Labute approximate surface area is 257 Å². The SMILES string of the molecule is CC1=NN(c2ccc(S(=O)(=O)[O-])cc2)C(=S)C1N=Nc1cc[c-]cc1S(=O)(=O)[O-].[Na+].[Na+].[Na+]. The van der Waals surface area contributed by atoms with Crippen molar-refractivity contribution in [2.75, 3.05) is 5.01 Å². The fourth-order valence-corrected chi connectivity index (χ4v) is 3.85. The van der Waals surface area contributed by atoms with E-state index in [1.165, 1.54) is 29.3 Å². The minimum absolute atomic E-state index is 0. The summed E-state index contributed by atoms with van der Waals surface area (Å²) >= 11 is 5.34. The third kappa shape index (κ3) is 7.71. The van der Waals surface area contributed by atoms with E-state index in [0.717, 1.165) is 18.2 Å². The molecule has 32 heavy (non-hydrogen) atoms. The van der Waals surface area contributed by atoms with Gasteiger partial charge in [-0.1, -0.05) is 12.2 Å². The maximum absolute atomic E-state index is 11.3. The average Bonchev–Trinajstić information content (AvgIpc) is 2.93. The molecule has 0 amide bonds. The van der Waals surface area contributed by atoms with E-state index in [0.29, 0.717) is 11.4 Å². The molecule has 1 aliphatic heterocycles. The molecule has 0 aliphatic carbocycles. The van der Waals surface area contributed by atoms with Crippen LogP contribution in [0.3, 0.4) is 0 Å². The van der Waals surface area contributed by atoms with E-state index in [-0.39, 0.29) is 99.3 Å². The van der Waals surface area contributed by atoms with Crippen LogP contribution in [0.5, 0.6) is 0 Å². The van der Waals surface area contributed by atoms with Crippen molar-refractivity contribution in [1.82, 2.24) is 0 Å². The van der Waals surface area contributed by atoms with Gasteiger partial charge < -0.3 is 9.11 Å². The molecule has 10 nitrogen and oxygen atoms in total. The van der Waals surface area contributed by atoms with Gasteiger partial charge in [-0.2, -0.15) is 33.5 Å². The molecule has 0 radical (unpaired) electrons. The Hall–Kier alpha value is 0.420. The van der Waals surface area contributed by atoms with Gasteiger partial charge in [0, 0.05) is 0 Å². The van der Waals surface area contributed by atoms with Crippen molar-refractivity contribution >= 4 is 54.5 Å². The van der Waals surface area contributed by atoms with Crippen molar-refractivity contribution < 1.29 is 115 Å². The molecular weight excluding hydrogens is 509 g/mol. The Bertz CT molecular complexity index is 1250. The van der Waals surface area contributed by atoms with Gasteiger partial charge in [0.05, 0.1) is 26.4 Å². The second-order valence-corrected chi connectivity index (χ2v) is 8.95. The van der Waals surface area contributed by atoms with Gasteiger partial charge in [0.1, 0.15) is 15.1 Å². The monoisotopic (exact) mass is 520 g/mol. The third-order valence-corrected chi connectivity index (χ3v) is 5.93. The number of hydrogen-bond acceptors (Lipinski definition) is 10. The minimum atomic E-state index is -4.76. The van der Waals surface area contributed by atoms with Crippen LogP contribution >= 0.6 is 12.2 Å². The van der Waals surface area contributed by atoms with Crippen LogP contribution in [0.4, 0.5) is 11.4 Å². The summed E-state index contributed by atoms with van der Waals surface area (Å²) in [6.07, 6.45) is 0. The zero-order valence-corrected chi connectivity index (χ0v) is 26.0. The number of anilines is 1. The van der Waals surface area contributed by atoms with Gasteiger partial charge in [-0.15, -0.1) is 6.07 Å². The molecule has 1 aliphatic rings. The summed E-state index contributed by atoms with van der Waals surface area (Å²) in [5.41, 5.74) is 0.683. The number of azo groups is 1. The minimum Gasteiger partial charge on any atom is -0.754 e. The van der Waals surface area contributed by atoms with E-state index in [1.54, 1.807) is 6.92 Å². The molecule has 2 aromatic rings. The standard InChI is InChI=1S/C16H13N4O6S3.3Na/c1-10-15(18-17-13-4-2-3-5-14(13)29(24,25)26)16(27)20(19-10)11-6-8-12(9-7-11)28(21,22)23;;;/h2,4-9,15H,1H3,(H,21,22,23)(H,24,25,26);;;/q-1;3*+1/p-2. The Morgan fingerprint density at radius 2 is 1.62 bits per heavy atom. The topological polar surface area (TPSA) is 155 Å². The third-order valence-electron chi connectivity index (χ3n) is 3.82. The molecule has 1 atom stereocenters. The average molecular weight is 520 g/mol. The molecule has 3 rings (SSSR count). The zero-order chi connectivity index (χ0) is 21.4. The number of thiocarbonyl (C=S) groups is 1. The molecule has 0 saturated carbocycles. The number of benzene rings is 2. The van der Waals surface area contributed by atoms with Crippen molar-refractivity contribution in [3.05, 3.63) is 48.5 Å². The number of hydrazone groups is 1. The van der Waals surface area contributed by atoms with Crippen LogP contribution in [0.15, 0.2) is 67.6 Å². The molecule has 1 heterocycles. The summed E-state index contributed by atoms with van der Waals surface area (Å²) in [4.78, 5) is -0.762. The Balaban J connectivity index is 0.00000320. The number of rotatable bonds is 5. The Morgan fingerprint density at radius 3 is 2.16 bits per heavy atom. The normalized spacial score (nSPS) is 16.1. The second kappa shape index (κ2) is 12.9. The fourth-order valence-electron chi connectivity index (χ4n) is 2.44. The maximum Gasteiger partial charge on any atom is 1.00 e. The molecule has 16 heteroatoms. The van der Waals surface area contributed by atoms with E-state index in [1.807, 2.05) is 0 Å². The summed E-state index contributed by atoms with van der Waals surface area (Å²) in [6.45, 7) is 1.62. The first-order valence-corrected chi connectivity index (χ1v) is 11.0. The summed E-state index contributed by atoms with van der Waals surface area (Å²) in [5, 5.41) is 13.4. The van der Waals surface area contributed by atoms with Gasteiger partial charge in [-0.05, 0) is 41.8 Å². The van der Waals surface area contributed by atoms with Crippen molar-refractivity contribution in [2.24, 2.45) is 15.3 Å². The van der Waals surface area contributed by atoms with E-state index < -0.39 is 36.1 Å². The molecule has 0 N–H and O–H groups in total. The summed E-state index contributed by atoms with van der Waals surface area (Å²) in [5.74, 6) is 0. The van der Waals surface area contributed by atoms with Gasteiger partial charge in [-0.3, -0.25) is 8.42 Å². The second-order valence-electron chi connectivity index (χ2n) is 5.81. The van der Waals surface area contributed by atoms with Gasteiger partial charge in [0.15, 0.2) is 6.04 Å². The first-order chi connectivity index (χ1) is 13.5. The quantitative estimate of drug-likeness (QED) is 0.124. The van der Waals surface area contributed by atoms with Crippen LogP contribution in [-0.2, 0) is 20.2 Å². The van der Waals surface area contributed by atoms with Crippen LogP contribution in [0.25, 0.3) is 0 Å². The van der Waals surface area contributed by atoms with Crippen LogP contribution in [-0.4, -0.2) is 42.7 Å². The van der Waals surface area contributed by atoms with Crippen molar-refractivity contribution in [1.29, 1.82) is 0 Å². The van der Waals surface area contributed by atoms with Crippen molar-refractivity contribution in [3.8, 4) is 0 Å². The molecule has 1 unspecified atom stereocenters. The van der Waals surface area contributed by atoms with Gasteiger partial charge in [0.25, 0.3) is 0 Å². The Kier molecular flexibility index (Phi) is 13.1. The molecule has 0 fully saturated rings. The van der Waals surface area contributed by atoms with E-state index in [4.69, 9.17) is 12.2 Å². The Morgan fingerprint density at radius 1 is 1.03 bits per heavy atom. The van der Waals surface area contributed by atoms with Gasteiger partial charge in [-0.25, -0.2) is 13.4 Å². The van der Waals surface area contributed by atoms with Crippen molar-refractivity contribution in [3.63, 3.8) is 0 Å². The molecule has 0 saturated heterocycles. The smallest absolute Gasteiger partial charge is 0.754 e. The van der Waals surface area contributed by atoms with E-state index >= 15 is 0 Å². The predicted molar refractivity (Wildman–Crippen MR) is 104 cm³/mol. The van der Waals surface area contributed by atoms with Crippen LogP contribution in [0.2, 0.25) is 0 Å². The van der Waals surface area contributed by atoms with Crippen LogP contribution < -0.4 is 93.7 Å². The van der Waals surface area contributed by atoms with Gasteiger partial charge in [0.2, 0.25) is 0 Å². The predicted octanol–water partition coefficient (Wildman–Crippen LogP) is -7.02. The molecule has 2 aromatic carbocycles. The molecular formula is C16H11N4Na3O6S3. The number of hydrogen-bond donors (Lipinski definition) is 0. The van der Waals surface area contributed by atoms with E-state index in [2.05, 4.69) is 21.4 Å². The van der Waals surface area contributed by atoms with Gasteiger partial charge >= 0.3 is 88.7 Å². The first-order valence-electron chi connectivity index (χ1n) is 7.80. The summed E-state index contributed by atoms with van der Waals surface area (Å²) < 4.78 is 67.0. The molecule has 0 bridgehead atoms. The van der Waals surface area contributed by atoms with E-state index in [9.17, 15) is 25.9 Å². The fraction of sp³-hybridized carbons (Fsp3) is 0.125. The molecule has 0 spiro atoms. The van der Waals surface area contributed by atoms with Crippen LogP contribution in [0.1, 0.15) is 6.92 Å². The number of nitrogens with zero attached hydrogens (tertiary/aromatic N) is 4. The maximum atomic E-state index is 11.3. The summed E-state index contributed by atoms with van der Waals surface area (Å²) in [7, 11) is -9.34. The molecule has 0 aromatic heterocycles. The first kappa shape index (κ1) is 32.4. The zero-order valence-electron chi connectivity index (χ0n) is 17.6. The van der Waals surface area contributed by atoms with Crippen LogP contribution in [0, 0.1) is 6.07 Å². The summed E-state index contributed by atoms with van der Waals surface area (Å²) in [6, 6.07) is 10.3.